The van der Waals surface area contributed by atoms with Crippen LogP contribution in [-0.4, -0.2) is 10.9 Å². The van der Waals surface area contributed by atoms with Crippen LogP contribution in [0.1, 0.15) is 15.9 Å². The van der Waals surface area contributed by atoms with Crippen LogP contribution in [-0.2, 0) is 0 Å². The molecule has 0 saturated carbocycles. The van der Waals surface area contributed by atoms with E-state index in [1.807, 2.05) is 6.92 Å². The number of rotatable bonds is 2. The van der Waals surface area contributed by atoms with Crippen LogP contribution >= 0.6 is 22.9 Å². The number of halogens is 3. The molecular formula is C15H9ClF2N2OS. The third-order valence-electron chi connectivity index (χ3n) is 3.14. The van der Waals surface area contributed by atoms with Crippen molar-refractivity contribution < 1.29 is 13.6 Å². The number of benzene rings is 2. The summed E-state index contributed by atoms with van der Waals surface area (Å²) in [5.41, 5.74) is 1.26. The van der Waals surface area contributed by atoms with Crippen LogP contribution in [0.25, 0.3) is 10.2 Å². The molecular weight excluding hydrogens is 330 g/mol. The van der Waals surface area contributed by atoms with Crippen molar-refractivity contribution in [2.75, 3.05) is 5.32 Å². The first kappa shape index (κ1) is 14.9. The second-order valence-electron chi connectivity index (χ2n) is 4.62. The summed E-state index contributed by atoms with van der Waals surface area (Å²) in [7, 11) is 0. The molecule has 7 heteroatoms. The zero-order valence-electron chi connectivity index (χ0n) is 11.3. The van der Waals surface area contributed by atoms with Gasteiger partial charge in [0.05, 0.1) is 15.8 Å². The Kier molecular flexibility index (Phi) is 3.80. The first-order valence-corrected chi connectivity index (χ1v) is 7.47. The van der Waals surface area contributed by atoms with Gasteiger partial charge in [-0.1, -0.05) is 22.9 Å². The molecule has 3 nitrogen and oxygen atoms in total. The van der Waals surface area contributed by atoms with E-state index >= 15 is 0 Å². The molecule has 0 aliphatic rings. The van der Waals surface area contributed by atoms with Crippen molar-refractivity contribution >= 4 is 44.2 Å². The van der Waals surface area contributed by atoms with Crippen LogP contribution < -0.4 is 5.32 Å². The Bertz CT molecular complexity index is 895. The van der Waals surface area contributed by atoms with Gasteiger partial charge < -0.3 is 0 Å². The highest BCUT2D eigenvalue weighted by Crippen LogP contribution is 2.31. The molecule has 3 rings (SSSR count). The quantitative estimate of drug-likeness (QED) is 0.730. The van der Waals surface area contributed by atoms with Crippen molar-refractivity contribution in [3.63, 3.8) is 0 Å². The molecule has 0 spiro atoms. The molecule has 0 saturated heterocycles. The molecule has 0 radical (unpaired) electrons. The van der Waals surface area contributed by atoms with Gasteiger partial charge in [-0.15, -0.1) is 0 Å². The molecule has 3 aromatic rings. The minimum Gasteiger partial charge on any atom is -0.298 e. The van der Waals surface area contributed by atoms with Gasteiger partial charge in [0.2, 0.25) is 0 Å². The van der Waals surface area contributed by atoms with Gasteiger partial charge in [0.25, 0.3) is 5.91 Å². The van der Waals surface area contributed by atoms with Crippen molar-refractivity contribution in [3.8, 4) is 0 Å². The number of nitrogens with one attached hydrogen (secondary N) is 1. The third-order valence-corrected chi connectivity index (χ3v) is 4.49. The predicted octanol–water partition coefficient (Wildman–Crippen LogP) is 4.79. The van der Waals surface area contributed by atoms with Crippen LogP contribution in [0.4, 0.5) is 13.9 Å². The lowest BCUT2D eigenvalue weighted by molar-refractivity contribution is 0.102. The van der Waals surface area contributed by atoms with Crippen LogP contribution in [0, 0.1) is 18.6 Å². The Hall–Kier alpha value is -2.05. The molecule has 22 heavy (non-hydrogen) atoms. The first-order valence-electron chi connectivity index (χ1n) is 6.28. The summed E-state index contributed by atoms with van der Waals surface area (Å²) in [6, 6.07) is 6.34. The van der Waals surface area contributed by atoms with E-state index in [-0.39, 0.29) is 5.56 Å². The third kappa shape index (κ3) is 2.67. The van der Waals surface area contributed by atoms with Gasteiger partial charge in [-0.2, -0.15) is 0 Å². The number of amides is 1. The van der Waals surface area contributed by atoms with E-state index in [2.05, 4.69) is 10.3 Å². The predicted molar refractivity (Wildman–Crippen MR) is 83.7 cm³/mol. The maximum absolute atomic E-state index is 13.6. The van der Waals surface area contributed by atoms with Crippen molar-refractivity contribution in [2.45, 2.75) is 6.92 Å². The Balaban J connectivity index is 1.92. The normalized spacial score (nSPS) is 10.9. The van der Waals surface area contributed by atoms with E-state index in [9.17, 15) is 13.6 Å². The fraction of sp³-hybridized carbons (Fsp3) is 0.0667. The number of aromatic nitrogens is 1. The van der Waals surface area contributed by atoms with E-state index in [1.54, 1.807) is 12.1 Å². The SMILES string of the molecule is Cc1c(Cl)ccc2sc(NC(=O)c3ccc(F)cc3F)nc12. The number of nitrogens with zero attached hydrogens (tertiary/aromatic N) is 1. The van der Waals surface area contributed by atoms with E-state index in [1.165, 1.54) is 11.3 Å². The minimum atomic E-state index is -0.919. The fourth-order valence-electron chi connectivity index (χ4n) is 1.99. The summed E-state index contributed by atoms with van der Waals surface area (Å²) in [5.74, 6) is -2.34. The molecule has 0 atom stereocenters. The molecule has 112 valence electrons. The van der Waals surface area contributed by atoms with Crippen LogP contribution in [0.15, 0.2) is 30.3 Å². The molecule has 1 heterocycles. The van der Waals surface area contributed by atoms with Crippen LogP contribution in [0.3, 0.4) is 0 Å². The number of carbonyl (C=O) groups is 1. The Morgan fingerprint density at radius 3 is 2.77 bits per heavy atom. The zero-order valence-corrected chi connectivity index (χ0v) is 12.9. The number of aryl methyl sites for hydroxylation is 1. The van der Waals surface area contributed by atoms with Gasteiger partial charge >= 0.3 is 0 Å². The summed E-state index contributed by atoms with van der Waals surface area (Å²) in [6.45, 7) is 1.83. The van der Waals surface area contributed by atoms with Crippen molar-refractivity contribution in [3.05, 3.63) is 58.1 Å². The van der Waals surface area contributed by atoms with Gasteiger partial charge in [-0.05, 0) is 36.8 Å². The summed E-state index contributed by atoms with van der Waals surface area (Å²) >= 11 is 7.28. The number of anilines is 1. The Labute approximate surface area is 133 Å². The van der Waals surface area contributed by atoms with E-state index in [4.69, 9.17) is 11.6 Å². The summed E-state index contributed by atoms with van der Waals surface area (Å²) in [6.07, 6.45) is 0. The Morgan fingerprint density at radius 2 is 2.05 bits per heavy atom. The van der Waals surface area contributed by atoms with E-state index in [0.717, 1.165) is 22.4 Å². The monoisotopic (exact) mass is 338 g/mol. The van der Waals surface area contributed by atoms with Gasteiger partial charge in [0.1, 0.15) is 11.6 Å². The summed E-state index contributed by atoms with van der Waals surface area (Å²) < 4.78 is 27.3. The average Bonchev–Trinajstić information content (AvgIpc) is 2.86. The molecule has 0 bridgehead atoms. The summed E-state index contributed by atoms with van der Waals surface area (Å²) in [4.78, 5) is 16.3. The van der Waals surface area contributed by atoms with Gasteiger partial charge in [-0.25, -0.2) is 13.8 Å². The highest BCUT2D eigenvalue weighted by Gasteiger charge is 2.15. The number of carbonyl (C=O) groups excluding carboxylic acids is 1. The number of hydrogen-bond acceptors (Lipinski definition) is 3. The molecule has 0 unspecified atom stereocenters. The van der Waals surface area contributed by atoms with Gasteiger partial charge in [0, 0.05) is 11.1 Å². The standard InChI is InChI=1S/C15H9ClF2N2OS/c1-7-10(16)4-5-12-13(7)19-15(22-12)20-14(21)9-3-2-8(17)6-11(9)18/h2-6H,1H3,(H,19,20,21). The van der Waals surface area contributed by atoms with Gasteiger partial charge in [0.15, 0.2) is 5.13 Å². The smallest absolute Gasteiger partial charge is 0.260 e. The molecule has 1 N–H and O–H groups in total. The zero-order chi connectivity index (χ0) is 15.9. The highest BCUT2D eigenvalue weighted by molar-refractivity contribution is 7.22. The van der Waals surface area contributed by atoms with E-state index in [0.29, 0.717) is 21.7 Å². The maximum atomic E-state index is 13.6. The lowest BCUT2D eigenvalue weighted by atomic mass is 10.2. The lowest BCUT2D eigenvalue weighted by Gasteiger charge is -2.02. The molecule has 1 amide bonds. The van der Waals surface area contributed by atoms with Crippen molar-refractivity contribution in [2.24, 2.45) is 0 Å². The highest BCUT2D eigenvalue weighted by atomic mass is 35.5. The fourth-order valence-corrected chi connectivity index (χ4v) is 3.07. The van der Waals surface area contributed by atoms with Crippen LogP contribution in [0.2, 0.25) is 5.02 Å². The molecule has 0 fully saturated rings. The van der Waals surface area contributed by atoms with Crippen LogP contribution in [0.5, 0.6) is 0 Å². The minimum absolute atomic E-state index is 0.240. The second-order valence-corrected chi connectivity index (χ2v) is 6.05. The molecule has 2 aromatic carbocycles. The van der Waals surface area contributed by atoms with E-state index < -0.39 is 17.5 Å². The van der Waals surface area contributed by atoms with Crippen molar-refractivity contribution in [1.29, 1.82) is 0 Å². The first-order chi connectivity index (χ1) is 10.5. The maximum Gasteiger partial charge on any atom is 0.260 e. The Morgan fingerprint density at radius 1 is 1.27 bits per heavy atom. The second kappa shape index (κ2) is 5.62. The number of hydrogen-bond donors (Lipinski definition) is 1. The lowest BCUT2D eigenvalue weighted by Crippen LogP contribution is -2.13. The molecule has 1 aromatic heterocycles. The van der Waals surface area contributed by atoms with Gasteiger partial charge in [-0.3, -0.25) is 10.1 Å². The topological polar surface area (TPSA) is 42.0 Å². The number of thiazole rings is 1. The molecule has 0 aliphatic carbocycles. The molecule has 0 aliphatic heterocycles. The number of fused-ring (bicyclic) bond motifs is 1. The summed E-state index contributed by atoms with van der Waals surface area (Å²) in [5, 5.41) is 3.43. The van der Waals surface area contributed by atoms with Crippen molar-refractivity contribution in [1.82, 2.24) is 4.98 Å². The average molecular weight is 339 g/mol. The largest absolute Gasteiger partial charge is 0.298 e.